The largest absolute Gasteiger partial charge is 0.486 e. The van der Waals surface area contributed by atoms with E-state index in [0.717, 1.165) is 0 Å². The monoisotopic (exact) mass is 252 g/mol. The number of ether oxygens (including phenoxy) is 2. The summed E-state index contributed by atoms with van der Waals surface area (Å²) in [5.74, 6) is 0.524. The number of nitrogens with zero attached hydrogens (tertiary/aromatic N) is 2. The summed E-state index contributed by atoms with van der Waals surface area (Å²) in [5, 5.41) is 14.7. The lowest BCUT2D eigenvalue weighted by molar-refractivity contribution is -0.386. The minimum atomic E-state index is -0.503. The van der Waals surface area contributed by atoms with Crippen molar-refractivity contribution in [3.05, 3.63) is 27.8 Å². The highest BCUT2D eigenvalue weighted by molar-refractivity contribution is 5.99. The zero-order chi connectivity index (χ0) is 13.1. The van der Waals surface area contributed by atoms with E-state index in [1.807, 2.05) is 0 Å². The minimum absolute atomic E-state index is 0.132. The van der Waals surface area contributed by atoms with E-state index in [2.05, 4.69) is 9.99 Å². The second kappa shape index (κ2) is 4.91. The van der Waals surface area contributed by atoms with Crippen LogP contribution in [-0.2, 0) is 4.84 Å². The highest BCUT2D eigenvalue weighted by Gasteiger charge is 2.25. The maximum absolute atomic E-state index is 11.0. The molecular weight excluding hydrogens is 240 g/mol. The van der Waals surface area contributed by atoms with Crippen molar-refractivity contribution in [3.63, 3.8) is 0 Å². The maximum Gasteiger partial charge on any atom is 0.315 e. The Morgan fingerprint density at radius 1 is 1.44 bits per heavy atom. The number of fused-ring (bicyclic) bond motifs is 1. The van der Waals surface area contributed by atoms with Crippen LogP contribution < -0.4 is 9.47 Å². The third-order valence-corrected chi connectivity index (χ3v) is 2.47. The Kier molecular flexibility index (Phi) is 3.31. The third-order valence-electron chi connectivity index (χ3n) is 2.47. The maximum atomic E-state index is 11.0. The van der Waals surface area contributed by atoms with Gasteiger partial charge < -0.3 is 14.3 Å². The van der Waals surface area contributed by atoms with Crippen molar-refractivity contribution in [2.24, 2.45) is 5.16 Å². The van der Waals surface area contributed by atoms with Crippen LogP contribution in [0.5, 0.6) is 11.5 Å². The molecule has 1 aromatic rings. The minimum Gasteiger partial charge on any atom is -0.486 e. The lowest BCUT2D eigenvalue weighted by atomic mass is 10.1. The molecule has 1 aliphatic heterocycles. The molecule has 7 nitrogen and oxygen atoms in total. The van der Waals surface area contributed by atoms with Gasteiger partial charge in [0.05, 0.1) is 10.6 Å². The van der Waals surface area contributed by atoms with Gasteiger partial charge in [-0.2, -0.15) is 0 Å². The highest BCUT2D eigenvalue weighted by atomic mass is 16.6. The molecular formula is C11H12N2O5. The second-order valence-electron chi connectivity index (χ2n) is 3.64. The molecule has 1 heterocycles. The molecule has 2 rings (SSSR count). The van der Waals surface area contributed by atoms with E-state index >= 15 is 0 Å². The van der Waals surface area contributed by atoms with Gasteiger partial charge in [0, 0.05) is 11.6 Å². The van der Waals surface area contributed by atoms with E-state index in [-0.39, 0.29) is 11.4 Å². The smallest absolute Gasteiger partial charge is 0.315 e. The van der Waals surface area contributed by atoms with Crippen molar-refractivity contribution in [2.45, 2.75) is 6.92 Å². The molecule has 0 aromatic heterocycles. The molecule has 1 aliphatic rings. The fourth-order valence-electron chi connectivity index (χ4n) is 1.67. The summed E-state index contributed by atoms with van der Waals surface area (Å²) in [6.45, 7) is 2.37. The first kappa shape index (κ1) is 12.2. The Hall–Kier alpha value is -2.31. The number of nitro benzene ring substituents is 1. The quantitative estimate of drug-likeness (QED) is 0.464. The highest BCUT2D eigenvalue weighted by Crippen LogP contribution is 2.40. The molecule has 0 fully saturated rings. The number of nitro groups is 1. The molecule has 96 valence electrons. The number of hydrogen-bond donors (Lipinski definition) is 0. The first-order chi connectivity index (χ1) is 8.63. The van der Waals surface area contributed by atoms with E-state index in [1.165, 1.54) is 13.2 Å². The molecule has 0 spiro atoms. The van der Waals surface area contributed by atoms with Crippen LogP contribution in [0.4, 0.5) is 5.69 Å². The average molecular weight is 252 g/mol. The molecule has 0 radical (unpaired) electrons. The van der Waals surface area contributed by atoms with Crippen LogP contribution in [0.2, 0.25) is 0 Å². The van der Waals surface area contributed by atoms with E-state index in [0.29, 0.717) is 30.2 Å². The van der Waals surface area contributed by atoms with Crippen molar-refractivity contribution >= 4 is 11.4 Å². The molecule has 0 amide bonds. The lowest BCUT2D eigenvalue weighted by Crippen LogP contribution is -2.17. The first-order valence-corrected chi connectivity index (χ1v) is 5.29. The average Bonchev–Trinajstić information content (AvgIpc) is 2.37. The van der Waals surface area contributed by atoms with Gasteiger partial charge in [0.1, 0.15) is 20.3 Å². The van der Waals surface area contributed by atoms with Gasteiger partial charge in [-0.25, -0.2) is 0 Å². The van der Waals surface area contributed by atoms with Gasteiger partial charge in [-0.05, 0) is 13.0 Å². The fourth-order valence-corrected chi connectivity index (χ4v) is 1.67. The van der Waals surface area contributed by atoms with Crippen molar-refractivity contribution in [1.29, 1.82) is 0 Å². The van der Waals surface area contributed by atoms with Crippen LogP contribution in [0, 0.1) is 10.1 Å². The summed E-state index contributed by atoms with van der Waals surface area (Å²) in [5.41, 5.74) is 0.957. The molecule has 0 N–H and O–H groups in total. The number of hydrogen-bond acceptors (Lipinski definition) is 6. The summed E-state index contributed by atoms with van der Waals surface area (Å²) in [4.78, 5) is 15.2. The Bertz CT molecular complexity index is 512. The van der Waals surface area contributed by atoms with Crippen LogP contribution >= 0.6 is 0 Å². The molecule has 7 heteroatoms. The Morgan fingerprint density at radius 2 is 2.17 bits per heavy atom. The summed E-state index contributed by atoms with van der Waals surface area (Å²) in [6, 6.07) is 3.05. The summed E-state index contributed by atoms with van der Waals surface area (Å²) >= 11 is 0. The molecule has 0 saturated heterocycles. The van der Waals surface area contributed by atoms with Gasteiger partial charge in [-0.1, -0.05) is 5.16 Å². The second-order valence-corrected chi connectivity index (χ2v) is 3.64. The predicted octanol–water partition coefficient (Wildman–Crippen LogP) is 1.74. The Labute approximate surface area is 103 Å². The van der Waals surface area contributed by atoms with Crippen molar-refractivity contribution in [3.8, 4) is 11.5 Å². The molecule has 0 bridgehead atoms. The van der Waals surface area contributed by atoms with E-state index < -0.39 is 4.92 Å². The Balaban J connectivity index is 2.54. The zero-order valence-corrected chi connectivity index (χ0v) is 10.0. The lowest BCUT2D eigenvalue weighted by Gasteiger charge is -2.18. The standard InChI is InChI=1S/C11H12N2O5/c1-7(12-16-2)8-5-9(13(14)15)11-10(6-8)17-3-4-18-11/h5-6H,3-4H2,1-2H3/b12-7+. The van der Waals surface area contributed by atoms with Crippen molar-refractivity contribution < 1.29 is 19.2 Å². The van der Waals surface area contributed by atoms with E-state index in [9.17, 15) is 10.1 Å². The molecule has 0 saturated carbocycles. The zero-order valence-electron chi connectivity index (χ0n) is 10.0. The van der Waals surface area contributed by atoms with Gasteiger partial charge in [0.15, 0.2) is 5.75 Å². The van der Waals surface area contributed by atoms with Gasteiger partial charge in [0.2, 0.25) is 5.75 Å². The van der Waals surface area contributed by atoms with Gasteiger partial charge in [0.25, 0.3) is 0 Å². The van der Waals surface area contributed by atoms with E-state index in [1.54, 1.807) is 13.0 Å². The topological polar surface area (TPSA) is 83.2 Å². The van der Waals surface area contributed by atoms with Crippen LogP contribution in [0.15, 0.2) is 17.3 Å². The molecule has 0 atom stereocenters. The van der Waals surface area contributed by atoms with Crippen molar-refractivity contribution in [2.75, 3.05) is 20.3 Å². The van der Waals surface area contributed by atoms with Gasteiger partial charge >= 0.3 is 5.69 Å². The number of benzene rings is 1. The fraction of sp³-hybridized carbons (Fsp3) is 0.364. The third kappa shape index (κ3) is 2.20. The Morgan fingerprint density at radius 3 is 2.83 bits per heavy atom. The number of oxime groups is 1. The summed E-state index contributed by atoms with van der Waals surface area (Å²) < 4.78 is 10.6. The molecule has 0 aliphatic carbocycles. The SMILES string of the molecule is CO/N=C(\C)c1cc2c(c([N+](=O)[O-])c1)OCCO2. The predicted molar refractivity (Wildman–Crippen MR) is 63.3 cm³/mol. The first-order valence-electron chi connectivity index (χ1n) is 5.29. The normalized spacial score (nSPS) is 14.2. The van der Waals surface area contributed by atoms with Crippen LogP contribution in [0.1, 0.15) is 12.5 Å². The van der Waals surface area contributed by atoms with Crippen molar-refractivity contribution in [1.82, 2.24) is 0 Å². The van der Waals surface area contributed by atoms with Gasteiger partial charge in [-0.3, -0.25) is 10.1 Å². The molecule has 18 heavy (non-hydrogen) atoms. The molecule has 0 unspecified atom stereocenters. The van der Waals surface area contributed by atoms with Crippen LogP contribution in [-0.4, -0.2) is 31.0 Å². The summed E-state index contributed by atoms with van der Waals surface area (Å²) in [6.07, 6.45) is 0. The number of rotatable bonds is 3. The van der Waals surface area contributed by atoms with Crippen LogP contribution in [0.25, 0.3) is 0 Å². The van der Waals surface area contributed by atoms with Gasteiger partial charge in [-0.15, -0.1) is 0 Å². The van der Waals surface area contributed by atoms with Crippen LogP contribution in [0.3, 0.4) is 0 Å². The summed E-state index contributed by atoms with van der Waals surface area (Å²) in [7, 11) is 1.41. The van der Waals surface area contributed by atoms with E-state index in [4.69, 9.17) is 9.47 Å². The molecule has 1 aromatic carbocycles.